The summed E-state index contributed by atoms with van der Waals surface area (Å²) in [6.07, 6.45) is 0. The topological polar surface area (TPSA) is 104 Å². The predicted octanol–water partition coefficient (Wildman–Crippen LogP) is 2.40. The zero-order valence-corrected chi connectivity index (χ0v) is 13.7. The maximum atomic E-state index is 9.37. The van der Waals surface area contributed by atoms with Crippen molar-refractivity contribution in [2.75, 3.05) is 7.11 Å². The quantitative estimate of drug-likeness (QED) is 0.635. The molecule has 5 nitrogen and oxygen atoms in total. The van der Waals surface area contributed by atoms with E-state index in [4.69, 9.17) is 4.74 Å². The molecule has 0 spiro atoms. The Morgan fingerprint density at radius 3 is 1.81 bits per heavy atom. The first kappa shape index (κ1) is 16.5. The molecule has 0 aliphatic rings. The van der Waals surface area contributed by atoms with Crippen molar-refractivity contribution in [3.05, 3.63) is 52.9 Å². The largest absolute Gasteiger partial charge is 0.496 e. The Morgan fingerprint density at radius 1 is 0.769 bits per heavy atom. The van der Waals surface area contributed by atoms with Crippen LogP contribution in [-0.4, -0.2) is 7.11 Å². The second-order valence-corrected chi connectivity index (χ2v) is 5.44. The molecule has 0 N–H and O–H groups in total. The summed E-state index contributed by atoms with van der Waals surface area (Å²) in [5, 5.41) is 41.2. The molecule has 0 aliphatic carbocycles. The molecule has 26 heavy (non-hydrogen) atoms. The highest BCUT2D eigenvalue weighted by Crippen LogP contribution is 2.21. The molecule has 120 valence electrons. The van der Waals surface area contributed by atoms with Crippen LogP contribution in [0.15, 0.2) is 42.5 Å². The number of nitrogens with zero attached hydrogens (tertiary/aromatic N) is 4. The highest BCUT2D eigenvalue weighted by Gasteiger charge is 2.12. The van der Waals surface area contributed by atoms with Crippen molar-refractivity contribution >= 4 is 32.7 Å². The second-order valence-electron chi connectivity index (χ2n) is 5.44. The number of fused-ring (bicyclic) bond motifs is 2. The molecule has 3 rings (SSSR count). The molecule has 0 radical (unpaired) electrons. The maximum absolute atomic E-state index is 9.37. The Morgan fingerprint density at radius 2 is 1.31 bits per heavy atom. The van der Waals surface area contributed by atoms with Gasteiger partial charge in [-0.2, -0.15) is 21.0 Å². The standard InChI is InChI=1S/C21H10N4O/c1-26-20-8-17(15(9-22)10-23)18-6-13-4-2-3-5-14(13)7-19(18)21(20)16(11-24)12-25/h2-8H,1H3. The molecular weight excluding hydrogens is 324 g/mol. The van der Waals surface area contributed by atoms with E-state index in [1.807, 2.05) is 60.7 Å². The molecule has 0 fully saturated rings. The molecule has 0 amide bonds. The molecule has 0 heterocycles. The number of hydrogen-bond acceptors (Lipinski definition) is 5. The van der Waals surface area contributed by atoms with Crippen molar-refractivity contribution in [3.63, 3.8) is 0 Å². The van der Waals surface area contributed by atoms with Gasteiger partial charge in [-0.15, -0.1) is 0 Å². The molecule has 5 heteroatoms. The lowest BCUT2D eigenvalue weighted by Crippen LogP contribution is -2.18. The van der Waals surface area contributed by atoms with Crippen molar-refractivity contribution in [3.8, 4) is 30.0 Å². The molecule has 0 unspecified atom stereocenters. The Bertz CT molecular complexity index is 1320. The molecule has 3 aromatic rings. The van der Waals surface area contributed by atoms with E-state index in [0.717, 1.165) is 10.8 Å². The van der Waals surface area contributed by atoms with E-state index < -0.39 is 0 Å². The van der Waals surface area contributed by atoms with Crippen LogP contribution in [0, 0.1) is 45.3 Å². The van der Waals surface area contributed by atoms with E-state index in [1.165, 1.54) is 13.2 Å². The van der Waals surface area contributed by atoms with Crippen molar-refractivity contribution < 1.29 is 4.74 Å². The average molecular weight is 334 g/mol. The Balaban J connectivity index is 2.82. The zero-order chi connectivity index (χ0) is 18.7. The number of nitriles is 4. The van der Waals surface area contributed by atoms with Crippen molar-refractivity contribution in [1.29, 1.82) is 21.0 Å². The first-order valence-electron chi connectivity index (χ1n) is 7.57. The molecular formula is C21H10N4O. The summed E-state index contributed by atoms with van der Waals surface area (Å²) >= 11 is 0. The van der Waals surface area contributed by atoms with Gasteiger partial charge in [0.1, 0.15) is 41.2 Å². The summed E-state index contributed by atoms with van der Waals surface area (Å²) in [4.78, 5) is 0. The van der Waals surface area contributed by atoms with Gasteiger partial charge in [0, 0.05) is 5.22 Å². The summed E-state index contributed by atoms with van der Waals surface area (Å²) in [6.45, 7) is 0. The zero-order valence-electron chi connectivity index (χ0n) is 13.7. The van der Waals surface area contributed by atoms with Gasteiger partial charge >= 0.3 is 0 Å². The Kier molecular flexibility index (Phi) is 4.24. The van der Waals surface area contributed by atoms with Crippen LogP contribution in [0.5, 0.6) is 5.75 Å². The van der Waals surface area contributed by atoms with E-state index in [0.29, 0.717) is 21.2 Å². The first-order valence-corrected chi connectivity index (χ1v) is 7.57. The molecule has 0 saturated carbocycles. The first-order chi connectivity index (χ1) is 12.7. The molecule has 0 atom stereocenters. The molecule has 0 aromatic heterocycles. The van der Waals surface area contributed by atoms with Crippen LogP contribution in [0.25, 0.3) is 32.7 Å². The lowest BCUT2D eigenvalue weighted by Gasteiger charge is -2.09. The van der Waals surface area contributed by atoms with Gasteiger partial charge in [-0.1, -0.05) is 24.3 Å². The van der Waals surface area contributed by atoms with Crippen LogP contribution in [0.3, 0.4) is 0 Å². The van der Waals surface area contributed by atoms with Gasteiger partial charge in [0.2, 0.25) is 0 Å². The number of benzene rings is 3. The Hall–Kier alpha value is -4.32. The Labute approximate surface area is 149 Å². The van der Waals surface area contributed by atoms with Crippen LogP contribution < -0.4 is 15.2 Å². The van der Waals surface area contributed by atoms with Gasteiger partial charge in [0.15, 0.2) is 0 Å². The van der Waals surface area contributed by atoms with Crippen LogP contribution in [-0.2, 0) is 0 Å². The molecule has 0 saturated heterocycles. The van der Waals surface area contributed by atoms with Crippen LogP contribution in [0.1, 0.15) is 0 Å². The lowest BCUT2D eigenvalue weighted by molar-refractivity contribution is 0.412. The van der Waals surface area contributed by atoms with E-state index in [9.17, 15) is 21.0 Å². The van der Waals surface area contributed by atoms with Gasteiger partial charge in [-0.3, -0.25) is 0 Å². The summed E-state index contributed by atoms with van der Waals surface area (Å²) in [5.74, 6) is 0.267. The fraction of sp³-hybridized carbons (Fsp3) is 0.0476. The highest BCUT2D eigenvalue weighted by atomic mass is 16.5. The minimum Gasteiger partial charge on any atom is -0.496 e. The maximum Gasteiger partial charge on any atom is 0.141 e. The number of hydrogen-bond donors (Lipinski definition) is 0. The SMILES string of the molecule is COc1cc(=C(C#N)C#N)c2cc3ccccc3cc2c1=C(C#N)C#N. The van der Waals surface area contributed by atoms with Gasteiger partial charge in [0.25, 0.3) is 0 Å². The van der Waals surface area contributed by atoms with Crippen molar-refractivity contribution in [1.82, 2.24) is 0 Å². The number of ether oxygens (including phenoxy) is 1. The second kappa shape index (κ2) is 6.66. The van der Waals surface area contributed by atoms with Gasteiger partial charge < -0.3 is 4.74 Å². The summed E-state index contributed by atoms with van der Waals surface area (Å²) < 4.78 is 5.37. The van der Waals surface area contributed by atoms with E-state index in [2.05, 4.69) is 0 Å². The third-order valence-corrected chi connectivity index (χ3v) is 4.15. The smallest absolute Gasteiger partial charge is 0.141 e. The monoisotopic (exact) mass is 334 g/mol. The fourth-order valence-corrected chi connectivity index (χ4v) is 2.99. The summed E-state index contributed by atoms with van der Waals surface area (Å²) in [6, 6.07) is 20.4. The van der Waals surface area contributed by atoms with Crippen molar-refractivity contribution in [2.24, 2.45) is 0 Å². The van der Waals surface area contributed by atoms with Gasteiger partial charge in [-0.05, 0) is 39.7 Å². The van der Waals surface area contributed by atoms with Gasteiger partial charge in [-0.25, -0.2) is 0 Å². The normalized spacial score (nSPS) is 9.58. The number of rotatable bonds is 1. The van der Waals surface area contributed by atoms with Crippen molar-refractivity contribution in [2.45, 2.75) is 0 Å². The molecule has 0 bridgehead atoms. The number of methoxy groups -OCH3 is 1. The third-order valence-electron chi connectivity index (χ3n) is 4.15. The van der Waals surface area contributed by atoms with Gasteiger partial charge in [0.05, 0.1) is 12.3 Å². The molecule has 3 aromatic carbocycles. The average Bonchev–Trinajstić information content (AvgIpc) is 2.69. The minimum atomic E-state index is -0.0934. The lowest BCUT2D eigenvalue weighted by atomic mass is 9.96. The summed E-state index contributed by atoms with van der Waals surface area (Å²) in [7, 11) is 1.42. The third kappa shape index (κ3) is 2.47. The van der Waals surface area contributed by atoms with Crippen LogP contribution in [0.2, 0.25) is 0 Å². The highest BCUT2D eigenvalue weighted by molar-refractivity contribution is 6.02. The van der Waals surface area contributed by atoms with E-state index >= 15 is 0 Å². The van der Waals surface area contributed by atoms with E-state index in [1.54, 1.807) is 0 Å². The van der Waals surface area contributed by atoms with E-state index in [-0.39, 0.29) is 16.9 Å². The minimum absolute atomic E-state index is 0.0643. The fourth-order valence-electron chi connectivity index (χ4n) is 2.99. The van der Waals surface area contributed by atoms with Crippen LogP contribution in [0.4, 0.5) is 0 Å². The predicted molar refractivity (Wildman–Crippen MR) is 96.5 cm³/mol. The van der Waals surface area contributed by atoms with Crippen LogP contribution >= 0.6 is 0 Å². The molecule has 0 aliphatic heterocycles. The summed E-state index contributed by atoms with van der Waals surface area (Å²) in [5.41, 5.74) is -0.158.